The maximum absolute atomic E-state index is 13.8. The summed E-state index contributed by atoms with van der Waals surface area (Å²) in [5.74, 6) is -0.497. The van der Waals surface area contributed by atoms with E-state index < -0.39 is 0 Å². The third-order valence-corrected chi connectivity index (χ3v) is 5.50. The van der Waals surface area contributed by atoms with Gasteiger partial charge in [-0.25, -0.2) is 4.39 Å². The number of hydrogen-bond acceptors (Lipinski definition) is 1. The van der Waals surface area contributed by atoms with Crippen LogP contribution in [0.3, 0.4) is 0 Å². The monoisotopic (exact) mass is 429 g/mol. The van der Waals surface area contributed by atoms with Crippen molar-refractivity contribution in [3.8, 4) is 0 Å². The molecule has 0 spiro atoms. The van der Waals surface area contributed by atoms with Crippen LogP contribution in [0.1, 0.15) is 33.1 Å². The Morgan fingerprint density at radius 3 is 1.81 bits per heavy atom. The number of amides is 1. The Labute approximate surface area is 186 Å². The van der Waals surface area contributed by atoms with Gasteiger partial charge in [-0.05, 0) is 41.0 Å². The van der Waals surface area contributed by atoms with Crippen molar-refractivity contribution >= 4 is 17.5 Å². The number of halogens is 2. The number of carbonyl (C=O) groups excluding carboxylic acids is 1. The Kier molecular flexibility index (Phi) is 6.44. The molecule has 0 atom stereocenters. The summed E-state index contributed by atoms with van der Waals surface area (Å²) >= 11 is 6.39. The molecule has 0 bridgehead atoms. The van der Waals surface area contributed by atoms with E-state index in [1.807, 2.05) is 60.7 Å². The van der Waals surface area contributed by atoms with Crippen LogP contribution in [-0.4, -0.2) is 10.8 Å². The largest absolute Gasteiger partial charge is 0.323 e. The Hall–Kier alpha value is -3.43. The summed E-state index contributed by atoms with van der Waals surface area (Å²) in [6.07, 6.45) is 0. The number of rotatable bonds is 6. The van der Waals surface area contributed by atoms with E-state index in [4.69, 9.17) is 11.6 Å². The number of carbonyl (C=O) groups is 1. The SMILES string of the molecule is O=C(c1ccccc1Cl)N(Cc1ccc(F)cc1)C(c1ccccc1)c1ccccc1. The zero-order valence-electron chi connectivity index (χ0n) is 16.8. The smallest absolute Gasteiger partial charge is 0.256 e. The van der Waals surface area contributed by atoms with Crippen LogP contribution in [0.15, 0.2) is 109 Å². The lowest BCUT2D eigenvalue weighted by molar-refractivity contribution is 0.0691. The van der Waals surface area contributed by atoms with Gasteiger partial charge in [0.05, 0.1) is 16.6 Å². The van der Waals surface area contributed by atoms with Gasteiger partial charge in [0.1, 0.15) is 5.82 Å². The van der Waals surface area contributed by atoms with Crippen LogP contribution in [0.5, 0.6) is 0 Å². The molecule has 4 heteroatoms. The Morgan fingerprint density at radius 2 is 1.26 bits per heavy atom. The van der Waals surface area contributed by atoms with E-state index in [0.29, 0.717) is 17.1 Å². The highest BCUT2D eigenvalue weighted by molar-refractivity contribution is 6.33. The van der Waals surface area contributed by atoms with Gasteiger partial charge in [-0.1, -0.05) is 96.5 Å². The summed E-state index contributed by atoms with van der Waals surface area (Å²) in [4.78, 5) is 15.6. The van der Waals surface area contributed by atoms with Crippen molar-refractivity contribution in [1.82, 2.24) is 4.90 Å². The van der Waals surface area contributed by atoms with Crippen molar-refractivity contribution in [2.45, 2.75) is 12.6 Å². The molecule has 0 saturated carbocycles. The predicted molar refractivity (Wildman–Crippen MR) is 122 cm³/mol. The molecule has 1 amide bonds. The summed E-state index contributed by atoms with van der Waals surface area (Å²) in [6, 6.07) is 32.7. The molecule has 4 aromatic carbocycles. The lowest BCUT2D eigenvalue weighted by atomic mass is 9.95. The fourth-order valence-corrected chi connectivity index (χ4v) is 3.90. The molecule has 0 fully saturated rings. The van der Waals surface area contributed by atoms with Gasteiger partial charge >= 0.3 is 0 Å². The molecule has 0 unspecified atom stereocenters. The van der Waals surface area contributed by atoms with Crippen molar-refractivity contribution in [2.75, 3.05) is 0 Å². The molecule has 0 aliphatic heterocycles. The molecule has 0 N–H and O–H groups in total. The molecule has 154 valence electrons. The van der Waals surface area contributed by atoms with Gasteiger partial charge < -0.3 is 4.90 Å². The number of benzene rings is 4. The second kappa shape index (κ2) is 9.59. The van der Waals surface area contributed by atoms with Gasteiger partial charge in [-0.15, -0.1) is 0 Å². The first-order valence-electron chi connectivity index (χ1n) is 10.0. The predicted octanol–water partition coefficient (Wildman–Crippen LogP) is 6.91. The molecule has 0 heterocycles. The molecule has 4 rings (SSSR count). The van der Waals surface area contributed by atoms with Crippen LogP contribution < -0.4 is 0 Å². The standard InChI is InChI=1S/C27H21ClFNO/c28-25-14-8-7-13-24(25)27(31)30(19-20-15-17-23(29)18-16-20)26(21-9-3-1-4-10-21)22-11-5-2-6-12-22/h1-18,26H,19H2. The van der Waals surface area contributed by atoms with Gasteiger partial charge in [-0.2, -0.15) is 0 Å². The van der Waals surface area contributed by atoms with Crippen molar-refractivity contribution < 1.29 is 9.18 Å². The van der Waals surface area contributed by atoms with E-state index in [2.05, 4.69) is 0 Å². The van der Waals surface area contributed by atoms with Crippen molar-refractivity contribution in [3.63, 3.8) is 0 Å². The topological polar surface area (TPSA) is 20.3 Å². The number of hydrogen-bond donors (Lipinski definition) is 0. The van der Waals surface area contributed by atoms with Gasteiger partial charge in [0.15, 0.2) is 0 Å². The summed E-state index contributed by atoms with van der Waals surface area (Å²) < 4.78 is 13.5. The van der Waals surface area contributed by atoms with E-state index in [1.165, 1.54) is 12.1 Å². The number of nitrogens with zero attached hydrogens (tertiary/aromatic N) is 1. The Balaban J connectivity index is 1.84. The molecule has 0 aromatic heterocycles. The zero-order valence-corrected chi connectivity index (χ0v) is 17.5. The fourth-order valence-electron chi connectivity index (χ4n) is 3.68. The molecule has 0 saturated heterocycles. The van der Waals surface area contributed by atoms with Crippen LogP contribution in [0.2, 0.25) is 5.02 Å². The highest BCUT2D eigenvalue weighted by Gasteiger charge is 2.28. The Morgan fingerprint density at radius 1 is 0.742 bits per heavy atom. The van der Waals surface area contributed by atoms with Crippen LogP contribution in [0.25, 0.3) is 0 Å². The first-order chi connectivity index (χ1) is 15.1. The molecule has 4 aromatic rings. The van der Waals surface area contributed by atoms with Gasteiger partial charge in [-0.3, -0.25) is 4.79 Å². The van der Waals surface area contributed by atoms with Crippen molar-refractivity contribution in [3.05, 3.63) is 142 Å². The second-order valence-electron chi connectivity index (χ2n) is 7.26. The normalized spacial score (nSPS) is 10.8. The summed E-state index contributed by atoms with van der Waals surface area (Å²) in [5, 5.41) is 0.400. The first-order valence-corrected chi connectivity index (χ1v) is 10.4. The van der Waals surface area contributed by atoms with Crippen molar-refractivity contribution in [1.29, 1.82) is 0 Å². The van der Waals surface area contributed by atoms with E-state index in [0.717, 1.165) is 16.7 Å². The average molecular weight is 430 g/mol. The van der Waals surface area contributed by atoms with Gasteiger partial charge in [0.25, 0.3) is 5.91 Å². The van der Waals surface area contributed by atoms with E-state index in [9.17, 15) is 9.18 Å². The van der Waals surface area contributed by atoms with Crippen LogP contribution >= 0.6 is 11.6 Å². The minimum absolute atomic E-state index is 0.187. The Bertz CT molecular complexity index is 1110. The van der Waals surface area contributed by atoms with E-state index in [1.54, 1.807) is 41.3 Å². The fraction of sp³-hybridized carbons (Fsp3) is 0.0741. The molecular weight excluding hydrogens is 409 g/mol. The average Bonchev–Trinajstić information content (AvgIpc) is 2.81. The van der Waals surface area contributed by atoms with Gasteiger partial charge in [0, 0.05) is 6.54 Å². The first kappa shape index (κ1) is 20.8. The molecule has 0 aliphatic carbocycles. The van der Waals surface area contributed by atoms with Crippen LogP contribution in [-0.2, 0) is 6.54 Å². The summed E-state index contributed by atoms with van der Waals surface area (Å²) in [5.41, 5.74) is 3.23. The summed E-state index contributed by atoms with van der Waals surface area (Å²) in [7, 11) is 0. The minimum Gasteiger partial charge on any atom is -0.323 e. The molecule has 0 radical (unpaired) electrons. The third kappa shape index (κ3) is 4.84. The summed E-state index contributed by atoms with van der Waals surface area (Å²) in [6.45, 7) is 0.304. The van der Waals surface area contributed by atoms with E-state index >= 15 is 0 Å². The highest BCUT2D eigenvalue weighted by Crippen LogP contribution is 2.32. The second-order valence-corrected chi connectivity index (χ2v) is 7.67. The molecular formula is C27H21ClFNO. The maximum atomic E-state index is 13.8. The maximum Gasteiger partial charge on any atom is 0.256 e. The highest BCUT2D eigenvalue weighted by atomic mass is 35.5. The molecule has 0 aliphatic rings. The van der Waals surface area contributed by atoms with Crippen LogP contribution in [0, 0.1) is 5.82 Å². The lowest BCUT2D eigenvalue weighted by Crippen LogP contribution is -2.35. The third-order valence-electron chi connectivity index (χ3n) is 5.17. The molecule has 31 heavy (non-hydrogen) atoms. The minimum atomic E-state index is -0.337. The zero-order chi connectivity index (χ0) is 21.6. The molecule has 2 nitrogen and oxygen atoms in total. The van der Waals surface area contributed by atoms with Crippen molar-refractivity contribution in [2.24, 2.45) is 0 Å². The lowest BCUT2D eigenvalue weighted by Gasteiger charge is -2.33. The quantitative estimate of drug-likeness (QED) is 0.326. The van der Waals surface area contributed by atoms with E-state index in [-0.39, 0.29) is 17.8 Å². The van der Waals surface area contributed by atoms with Gasteiger partial charge in [0.2, 0.25) is 0 Å². The van der Waals surface area contributed by atoms with Crippen LogP contribution in [0.4, 0.5) is 4.39 Å².